The number of hydrogen-bond acceptors (Lipinski definition) is 4. The molecule has 0 bridgehead atoms. The molecule has 0 spiro atoms. The van der Waals surface area contributed by atoms with Crippen LogP contribution in [-0.2, 0) is 9.53 Å². The average molecular weight is 399 g/mol. The smallest absolute Gasteiger partial charge is 0.248 e. The number of fused-ring (bicyclic) bond motifs is 1. The van der Waals surface area contributed by atoms with Crippen molar-refractivity contribution in [1.82, 2.24) is 0 Å². The van der Waals surface area contributed by atoms with Crippen LogP contribution >= 0.6 is 22.9 Å². The Morgan fingerprint density at radius 1 is 1.15 bits per heavy atom. The quantitative estimate of drug-likeness (QED) is 0.626. The Hall–Kier alpha value is -2.34. The zero-order chi connectivity index (χ0) is 18.6. The Bertz CT molecular complexity index is 993. The topological polar surface area (TPSA) is 41.6 Å². The van der Waals surface area contributed by atoms with Crippen LogP contribution in [0.1, 0.15) is 4.88 Å². The minimum Gasteiger partial charge on any atom is -0.378 e. The lowest BCUT2D eigenvalue weighted by Crippen LogP contribution is -2.36. The lowest BCUT2D eigenvalue weighted by molar-refractivity contribution is -0.111. The molecule has 0 aliphatic carbocycles. The minimum absolute atomic E-state index is 0.178. The van der Waals surface area contributed by atoms with Crippen LogP contribution in [0.25, 0.3) is 16.2 Å². The fraction of sp³-hybridized carbons (Fsp3) is 0.190. The fourth-order valence-corrected chi connectivity index (χ4v) is 4.48. The number of carbonyl (C=O) groups is 1. The number of benzene rings is 2. The van der Waals surface area contributed by atoms with Crippen LogP contribution in [0.2, 0.25) is 5.02 Å². The van der Waals surface area contributed by atoms with Crippen molar-refractivity contribution in [3.05, 3.63) is 64.5 Å². The van der Waals surface area contributed by atoms with E-state index >= 15 is 0 Å². The second kappa shape index (κ2) is 8.13. The first-order chi connectivity index (χ1) is 13.2. The molecule has 4 rings (SSSR count). The van der Waals surface area contributed by atoms with Crippen molar-refractivity contribution in [3.63, 3.8) is 0 Å². The SMILES string of the molecule is O=C(C=Cc1sc2ccccc2c1Cl)Nc1cccc(N2CCOCC2)c1. The van der Waals surface area contributed by atoms with Gasteiger partial charge >= 0.3 is 0 Å². The molecule has 2 heterocycles. The Kier molecular flexibility index (Phi) is 5.43. The van der Waals surface area contributed by atoms with Gasteiger partial charge in [-0.25, -0.2) is 0 Å². The number of nitrogens with one attached hydrogen (secondary N) is 1. The highest BCUT2D eigenvalue weighted by molar-refractivity contribution is 7.20. The molecule has 27 heavy (non-hydrogen) atoms. The molecule has 2 aromatic carbocycles. The molecule has 1 amide bonds. The van der Waals surface area contributed by atoms with E-state index in [2.05, 4.69) is 10.2 Å². The first-order valence-electron chi connectivity index (χ1n) is 8.79. The summed E-state index contributed by atoms with van der Waals surface area (Å²) in [7, 11) is 0. The van der Waals surface area contributed by atoms with Crippen molar-refractivity contribution >= 4 is 56.4 Å². The van der Waals surface area contributed by atoms with Crippen LogP contribution in [0, 0.1) is 0 Å². The lowest BCUT2D eigenvalue weighted by atomic mass is 10.2. The van der Waals surface area contributed by atoms with Gasteiger partial charge < -0.3 is 15.0 Å². The monoisotopic (exact) mass is 398 g/mol. The summed E-state index contributed by atoms with van der Waals surface area (Å²) in [5.74, 6) is -0.178. The van der Waals surface area contributed by atoms with E-state index in [0.717, 1.165) is 52.6 Å². The fourth-order valence-electron chi connectivity index (χ4n) is 3.08. The molecular weight excluding hydrogens is 380 g/mol. The van der Waals surface area contributed by atoms with Gasteiger partial charge in [0.15, 0.2) is 0 Å². The van der Waals surface area contributed by atoms with Crippen molar-refractivity contribution in [2.75, 3.05) is 36.5 Å². The van der Waals surface area contributed by atoms with Crippen molar-refractivity contribution in [3.8, 4) is 0 Å². The van der Waals surface area contributed by atoms with Gasteiger partial charge in [-0.15, -0.1) is 11.3 Å². The number of anilines is 2. The first-order valence-corrected chi connectivity index (χ1v) is 9.99. The summed E-state index contributed by atoms with van der Waals surface area (Å²) in [6, 6.07) is 15.8. The third kappa shape index (κ3) is 4.16. The number of amides is 1. The minimum atomic E-state index is -0.178. The van der Waals surface area contributed by atoms with Crippen molar-refractivity contribution < 1.29 is 9.53 Å². The van der Waals surface area contributed by atoms with Crippen molar-refractivity contribution in [2.24, 2.45) is 0 Å². The molecule has 1 N–H and O–H groups in total. The van der Waals surface area contributed by atoms with Gasteiger partial charge in [-0.1, -0.05) is 35.9 Å². The van der Waals surface area contributed by atoms with E-state index in [1.807, 2.05) is 48.5 Å². The van der Waals surface area contributed by atoms with Gasteiger partial charge in [0, 0.05) is 45.5 Å². The maximum atomic E-state index is 12.3. The Morgan fingerprint density at radius 2 is 1.96 bits per heavy atom. The van der Waals surface area contributed by atoms with E-state index in [4.69, 9.17) is 16.3 Å². The van der Waals surface area contributed by atoms with E-state index in [1.54, 1.807) is 17.4 Å². The summed E-state index contributed by atoms with van der Waals surface area (Å²) in [5.41, 5.74) is 1.86. The lowest BCUT2D eigenvalue weighted by Gasteiger charge is -2.29. The van der Waals surface area contributed by atoms with E-state index in [9.17, 15) is 4.79 Å². The molecule has 4 nitrogen and oxygen atoms in total. The van der Waals surface area contributed by atoms with E-state index in [1.165, 1.54) is 6.08 Å². The van der Waals surface area contributed by atoms with Gasteiger partial charge in [0.2, 0.25) is 5.91 Å². The largest absolute Gasteiger partial charge is 0.378 e. The van der Waals surface area contributed by atoms with E-state index in [0.29, 0.717) is 5.02 Å². The number of ether oxygens (including phenoxy) is 1. The number of thiophene rings is 1. The maximum absolute atomic E-state index is 12.3. The number of carbonyl (C=O) groups excluding carboxylic acids is 1. The highest BCUT2D eigenvalue weighted by Gasteiger charge is 2.12. The van der Waals surface area contributed by atoms with Crippen LogP contribution in [-0.4, -0.2) is 32.2 Å². The number of hydrogen-bond donors (Lipinski definition) is 1. The number of halogens is 1. The Balaban J connectivity index is 1.45. The van der Waals surface area contributed by atoms with Crippen molar-refractivity contribution in [2.45, 2.75) is 0 Å². The normalized spacial score (nSPS) is 14.8. The molecule has 1 fully saturated rings. The molecule has 0 unspecified atom stereocenters. The van der Waals surface area contributed by atoms with Gasteiger partial charge in [-0.2, -0.15) is 0 Å². The Labute approximate surface area is 167 Å². The van der Waals surface area contributed by atoms with Crippen LogP contribution in [0.15, 0.2) is 54.6 Å². The van der Waals surface area contributed by atoms with Crippen LogP contribution in [0.4, 0.5) is 11.4 Å². The number of nitrogens with zero attached hydrogens (tertiary/aromatic N) is 1. The summed E-state index contributed by atoms with van der Waals surface area (Å²) in [4.78, 5) is 15.5. The van der Waals surface area contributed by atoms with Gasteiger partial charge in [0.05, 0.1) is 18.2 Å². The van der Waals surface area contributed by atoms with E-state index in [-0.39, 0.29) is 5.91 Å². The number of rotatable bonds is 4. The second-order valence-corrected chi connectivity index (χ2v) is 7.71. The summed E-state index contributed by atoms with van der Waals surface area (Å²) in [5, 5.41) is 4.63. The molecular formula is C21H19ClN2O2S. The zero-order valence-corrected chi connectivity index (χ0v) is 16.2. The molecule has 138 valence electrons. The third-order valence-corrected chi connectivity index (χ3v) is 6.09. The highest BCUT2D eigenvalue weighted by Crippen LogP contribution is 2.35. The maximum Gasteiger partial charge on any atom is 0.248 e. The van der Waals surface area contributed by atoms with Crippen LogP contribution in [0.5, 0.6) is 0 Å². The summed E-state index contributed by atoms with van der Waals surface area (Å²) in [6.45, 7) is 3.19. The Morgan fingerprint density at radius 3 is 2.78 bits per heavy atom. The molecule has 1 aromatic heterocycles. The van der Waals surface area contributed by atoms with E-state index < -0.39 is 0 Å². The summed E-state index contributed by atoms with van der Waals surface area (Å²) in [6.07, 6.45) is 3.30. The number of morpholine rings is 1. The molecule has 0 radical (unpaired) electrons. The van der Waals surface area contributed by atoms with Gasteiger partial charge in [0.25, 0.3) is 0 Å². The predicted molar refractivity (Wildman–Crippen MR) is 114 cm³/mol. The standard InChI is InChI=1S/C21H19ClN2O2S/c22-21-17-6-1-2-7-18(17)27-19(21)8-9-20(25)23-15-4-3-5-16(14-15)24-10-12-26-13-11-24/h1-9,14H,10-13H2,(H,23,25). The molecule has 1 saturated heterocycles. The molecule has 1 aliphatic heterocycles. The third-order valence-electron chi connectivity index (χ3n) is 4.44. The predicted octanol–water partition coefficient (Wildman–Crippen LogP) is 5.04. The zero-order valence-electron chi connectivity index (χ0n) is 14.7. The molecule has 0 saturated carbocycles. The molecule has 6 heteroatoms. The first kappa shape index (κ1) is 18.0. The molecule has 1 aliphatic rings. The van der Waals surface area contributed by atoms with Gasteiger partial charge in [-0.3, -0.25) is 4.79 Å². The molecule has 0 atom stereocenters. The summed E-state index contributed by atoms with van der Waals surface area (Å²) < 4.78 is 6.50. The average Bonchev–Trinajstić information content (AvgIpc) is 3.03. The van der Waals surface area contributed by atoms with Gasteiger partial charge in [0.1, 0.15) is 0 Å². The van der Waals surface area contributed by atoms with Crippen molar-refractivity contribution in [1.29, 1.82) is 0 Å². The molecule has 3 aromatic rings. The highest BCUT2D eigenvalue weighted by atomic mass is 35.5. The second-order valence-electron chi connectivity index (χ2n) is 6.25. The van der Waals surface area contributed by atoms with Crippen LogP contribution < -0.4 is 10.2 Å². The summed E-state index contributed by atoms with van der Waals surface area (Å²) >= 11 is 8.00. The van der Waals surface area contributed by atoms with Crippen LogP contribution in [0.3, 0.4) is 0 Å². The van der Waals surface area contributed by atoms with Gasteiger partial charge in [-0.05, 0) is 30.3 Å².